The van der Waals surface area contributed by atoms with E-state index in [2.05, 4.69) is 23.3 Å². The second-order valence-electron chi connectivity index (χ2n) is 4.69. The summed E-state index contributed by atoms with van der Waals surface area (Å²) in [5, 5.41) is 13.5. The second kappa shape index (κ2) is 5.41. The van der Waals surface area contributed by atoms with E-state index in [9.17, 15) is 0 Å². The number of nitriles is 1. The van der Waals surface area contributed by atoms with Gasteiger partial charge in [-0.15, -0.1) is 11.3 Å². The summed E-state index contributed by atoms with van der Waals surface area (Å²) in [4.78, 5) is 5.71. The summed E-state index contributed by atoms with van der Waals surface area (Å²) < 4.78 is 0. The summed E-state index contributed by atoms with van der Waals surface area (Å²) in [5.74, 6) is 0. The Bertz CT molecular complexity index is 637. The Kier molecular flexibility index (Phi) is 3.87. The SMILES string of the molecule is Cc1nc(C)c(C(C)Nc2cc(C#N)ccc2C)s1. The van der Waals surface area contributed by atoms with E-state index >= 15 is 0 Å². The van der Waals surface area contributed by atoms with Gasteiger partial charge in [-0.3, -0.25) is 0 Å². The first-order valence-electron chi connectivity index (χ1n) is 6.22. The zero-order chi connectivity index (χ0) is 14.0. The van der Waals surface area contributed by atoms with Crippen LogP contribution in [-0.2, 0) is 0 Å². The van der Waals surface area contributed by atoms with Gasteiger partial charge in [0.2, 0.25) is 0 Å². The Labute approximate surface area is 117 Å². The van der Waals surface area contributed by atoms with Crippen LogP contribution in [0.3, 0.4) is 0 Å². The topological polar surface area (TPSA) is 48.7 Å². The van der Waals surface area contributed by atoms with Crippen LogP contribution >= 0.6 is 11.3 Å². The molecule has 0 saturated carbocycles. The number of hydrogen-bond acceptors (Lipinski definition) is 4. The van der Waals surface area contributed by atoms with Gasteiger partial charge in [-0.25, -0.2) is 4.98 Å². The lowest BCUT2D eigenvalue weighted by molar-refractivity contribution is 0.887. The second-order valence-corrected chi connectivity index (χ2v) is 5.92. The molecule has 1 N–H and O–H groups in total. The van der Waals surface area contributed by atoms with Crippen molar-refractivity contribution in [1.29, 1.82) is 5.26 Å². The first-order valence-corrected chi connectivity index (χ1v) is 7.04. The third-order valence-electron chi connectivity index (χ3n) is 3.07. The van der Waals surface area contributed by atoms with Gasteiger partial charge in [0.15, 0.2) is 0 Å². The van der Waals surface area contributed by atoms with Crippen molar-refractivity contribution in [3.8, 4) is 6.07 Å². The Morgan fingerprint density at radius 3 is 2.63 bits per heavy atom. The van der Waals surface area contributed by atoms with E-state index < -0.39 is 0 Å². The van der Waals surface area contributed by atoms with Crippen LogP contribution in [0.15, 0.2) is 18.2 Å². The van der Waals surface area contributed by atoms with Gasteiger partial charge in [0.05, 0.1) is 28.4 Å². The number of rotatable bonds is 3. The standard InChI is InChI=1S/C15H17N3S/c1-9-5-6-13(8-16)7-14(9)18-11(3)15-10(2)17-12(4)19-15/h5-7,11,18H,1-4H3. The molecule has 0 amide bonds. The highest BCUT2D eigenvalue weighted by molar-refractivity contribution is 7.11. The molecule has 2 rings (SSSR count). The first-order chi connectivity index (χ1) is 9.01. The van der Waals surface area contributed by atoms with Gasteiger partial charge >= 0.3 is 0 Å². The largest absolute Gasteiger partial charge is 0.377 e. The third-order valence-corrected chi connectivity index (χ3v) is 4.33. The average Bonchev–Trinajstić information content (AvgIpc) is 2.71. The van der Waals surface area contributed by atoms with Crippen LogP contribution in [0.5, 0.6) is 0 Å². The van der Waals surface area contributed by atoms with Crippen molar-refractivity contribution >= 4 is 17.0 Å². The van der Waals surface area contributed by atoms with Crippen molar-refractivity contribution in [3.05, 3.63) is 44.9 Å². The fourth-order valence-corrected chi connectivity index (χ4v) is 3.02. The normalized spacial score (nSPS) is 11.9. The van der Waals surface area contributed by atoms with Crippen LogP contribution in [0.1, 0.15) is 39.7 Å². The molecule has 1 unspecified atom stereocenters. The zero-order valence-corrected chi connectivity index (χ0v) is 12.4. The van der Waals surface area contributed by atoms with Crippen molar-refractivity contribution in [2.24, 2.45) is 0 Å². The van der Waals surface area contributed by atoms with Crippen LogP contribution in [0.25, 0.3) is 0 Å². The monoisotopic (exact) mass is 271 g/mol. The molecular weight excluding hydrogens is 254 g/mol. The molecule has 4 heteroatoms. The number of anilines is 1. The number of aromatic nitrogens is 1. The van der Waals surface area contributed by atoms with Crippen LogP contribution in [0, 0.1) is 32.1 Å². The summed E-state index contributed by atoms with van der Waals surface area (Å²) in [5.41, 5.74) is 3.91. The molecule has 0 aliphatic rings. The summed E-state index contributed by atoms with van der Waals surface area (Å²) >= 11 is 1.72. The fraction of sp³-hybridized carbons (Fsp3) is 0.333. The Balaban J connectivity index is 2.26. The maximum atomic E-state index is 8.97. The quantitative estimate of drug-likeness (QED) is 0.913. The lowest BCUT2D eigenvalue weighted by Gasteiger charge is -2.16. The average molecular weight is 271 g/mol. The Hall–Kier alpha value is -1.86. The number of nitrogens with one attached hydrogen (secondary N) is 1. The van der Waals surface area contributed by atoms with Gasteiger partial charge in [0.25, 0.3) is 0 Å². The van der Waals surface area contributed by atoms with Gasteiger partial charge in [-0.05, 0) is 45.4 Å². The molecule has 0 radical (unpaired) electrons. The van der Waals surface area contributed by atoms with Gasteiger partial charge < -0.3 is 5.32 Å². The van der Waals surface area contributed by atoms with E-state index in [1.165, 1.54) is 4.88 Å². The molecule has 0 aliphatic heterocycles. The number of benzene rings is 1. The van der Waals surface area contributed by atoms with Crippen molar-refractivity contribution in [1.82, 2.24) is 4.98 Å². The predicted octanol–water partition coefficient (Wildman–Crippen LogP) is 4.11. The van der Waals surface area contributed by atoms with Crippen LogP contribution in [0.4, 0.5) is 5.69 Å². The summed E-state index contributed by atoms with van der Waals surface area (Å²) in [6.45, 7) is 8.23. The van der Waals surface area contributed by atoms with E-state index in [4.69, 9.17) is 5.26 Å². The summed E-state index contributed by atoms with van der Waals surface area (Å²) in [6, 6.07) is 8.08. The molecule has 98 valence electrons. The van der Waals surface area contributed by atoms with Gasteiger partial charge in [0, 0.05) is 10.6 Å². The number of nitrogens with zero attached hydrogens (tertiary/aromatic N) is 2. The minimum Gasteiger partial charge on any atom is -0.377 e. The molecule has 1 heterocycles. The van der Waals surface area contributed by atoms with Crippen molar-refractivity contribution in [2.75, 3.05) is 5.32 Å². The Morgan fingerprint density at radius 2 is 2.05 bits per heavy atom. The molecule has 0 spiro atoms. The third kappa shape index (κ3) is 2.94. The number of thiazole rings is 1. The highest BCUT2D eigenvalue weighted by Gasteiger charge is 2.13. The van der Waals surface area contributed by atoms with Crippen LogP contribution < -0.4 is 5.32 Å². The highest BCUT2D eigenvalue weighted by Crippen LogP contribution is 2.28. The van der Waals surface area contributed by atoms with Crippen LogP contribution in [-0.4, -0.2) is 4.98 Å². The number of hydrogen-bond donors (Lipinski definition) is 1. The maximum absolute atomic E-state index is 8.97. The predicted molar refractivity (Wildman–Crippen MR) is 79.5 cm³/mol. The lowest BCUT2D eigenvalue weighted by atomic mass is 10.1. The first kappa shape index (κ1) is 13.6. The van der Waals surface area contributed by atoms with E-state index in [1.54, 1.807) is 11.3 Å². The minimum atomic E-state index is 0.193. The molecule has 0 aliphatic carbocycles. The molecule has 0 saturated heterocycles. The van der Waals surface area contributed by atoms with E-state index in [0.29, 0.717) is 5.56 Å². The highest BCUT2D eigenvalue weighted by atomic mass is 32.1. The van der Waals surface area contributed by atoms with E-state index in [-0.39, 0.29) is 6.04 Å². The van der Waals surface area contributed by atoms with Gasteiger partial charge in [-0.1, -0.05) is 6.07 Å². The molecule has 1 aromatic heterocycles. The van der Waals surface area contributed by atoms with Gasteiger partial charge in [0.1, 0.15) is 0 Å². The molecule has 19 heavy (non-hydrogen) atoms. The van der Waals surface area contributed by atoms with Crippen LogP contribution in [0.2, 0.25) is 0 Å². The molecule has 1 atom stereocenters. The minimum absolute atomic E-state index is 0.193. The van der Waals surface area contributed by atoms with Crippen molar-refractivity contribution in [3.63, 3.8) is 0 Å². The molecule has 0 bridgehead atoms. The molecule has 0 fully saturated rings. The smallest absolute Gasteiger partial charge is 0.0992 e. The van der Waals surface area contributed by atoms with Gasteiger partial charge in [-0.2, -0.15) is 5.26 Å². The fourth-order valence-electron chi connectivity index (χ4n) is 2.09. The summed E-state index contributed by atoms with van der Waals surface area (Å²) in [7, 11) is 0. The molecule has 1 aromatic carbocycles. The van der Waals surface area contributed by atoms with E-state index in [1.807, 2.05) is 39.0 Å². The van der Waals surface area contributed by atoms with Crippen molar-refractivity contribution in [2.45, 2.75) is 33.7 Å². The molecule has 2 aromatic rings. The van der Waals surface area contributed by atoms with E-state index in [0.717, 1.165) is 22.0 Å². The lowest BCUT2D eigenvalue weighted by Crippen LogP contribution is -2.07. The summed E-state index contributed by atoms with van der Waals surface area (Å²) in [6.07, 6.45) is 0. The Morgan fingerprint density at radius 1 is 1.32 bits per heavy atom. The number of aryl methyl sites for hydroxylation is 3. The maximum Gasteiger partial charge on any atom is 0.0992 e. The molecular formula is C15H17N3S. The molecule has 3 nitrogen and oxygen atoms in total. The zero-order valence-electron chi connectivity index (χ0n) is 11.6. The van der Waals surface area contributed by atoms with Crippen molar-refractivity contribution < 1.29 is 0 Å².